The molecule has 0 spiro atoms. The van der Waals surface area contributed by atoms with Crippen LogP contribution in [0.2, 0.25) is 0 Å². The van der Waals surface area contributed by atoms with Gasteiger partial charge in [0.2, 0.25) is 0 Å². The van der Waals surface area contributed by atoms with E-state index < -0.39 is 0 Å². The number of amides is 1. The van der Waals surface area contributed by atoms with E-state index in [-0.39, 0.29) is 18.6 Å². The molecule has 1 amide bonds. The van der Waals surface area contributed by atoms with E-state index in [4.69, 9.17) is 0 Å². The Balaban J connectivity index is 3.24. The summed E-state index contributed by atoms with van der Waals surface area (Å²) < 4.78 is 0. The van der Waals surface area contributed by atoms with Crippen LogP contribution in [0.5, 0.6) is 0 Å². The maximum Gasteiger partial charge on any atom is 0.252 e. The first-order valence-corrected chi connectivity index (χ1v) is 6.83. The zero-order valence-electron chi connectivity index (χ0n) is 12.8. The van der Waals surface area contributed by atoms with Gasteiger partial charge < -0.3 is 10.4 Å². The van der Waals surface area contributed by atoms with Crippen LogP contribution in [-0.2, 0) is 0 Å². The van der Waals surface area contributed by atoms with Crippen molar-refractivity contribution >= 4 is 5.91 Å². The molecule has 106 valence electrons. The largest absolute Gasteiger partial charge is 0.394 e. The van der Waals surface area contributed by atoms with Crippen LogP contribution in [-0.4, -0.2) is 23.7 Å². The molecule has 0 unspecified atom stereocenters. The van der Waals surface area contributed by atoms with Crippen molar-refractivity contribution in [2.45, 2.75) is 54.0 Å². The van der Waals surface area contributed by atoms with Crippen LogP contribution in [0, 0.1) is 34.6 Å². The Morgan fingerprint density at radius 3 is 1.79 bits per heavy atom. The van der Waals surface area contributed by atoms with E-state index in [1.165, 1.54) is 16.7 Å². The number of hydrogen-bond acceptors (Lipinski definition) is 2. The Kier molecular flexibility index (Phi) is 5.12. The molecule has 3 nitrogen and oxygen atoms in total. The average molecular weight is 263 g/mol. The zero-order valence-corrected chi connectivity index (χ0v) is 12.8. The number of benzene rings is 1. The number of aliphatic hydroxyl groups excluding tert-OH is 1. The van der Waals surface area contributed by atoms with Gasteiger partial charge in [-0.2, -0.15) is 0 Å². The second-order valence-electron chi connectivity index (χ2n) is 5.26. The Hall–Kier alpha value is -1.35. The normalized spacial score (nSPS) is 12.4. The van der Waals surface area contributed by atoms with Crippen molar-refractivity contribution in [2.24, 2.45) is 0 Å². The molecule has 1 aromatic carbocycles. The second kappa shape index (κ2) is 6.20. The molecule has 0 saturated carbocycles. The number of rotatable bonds is 4. The maximum absolute atomic E-state index is 12.4. The molecule has 0 heterocycles. The Bertz CT molecular complexity index is 459. The summed E-state index contributed by atoms with van der Waals surface area (Å²) in [7, 11) is 0. The van der Waals surface area contributed by atoms with Crippen molar-refractivity contribution in [3.63, 3.8) is 0 Å². The summed E-state index contributed by atoms with van der Waals surface area (Å²) in [4.78, 5) is 12.4. The monoisotopic (exact) mass is 263 g/mol. The molecule has 0 fully saturated rings. The minimum Gasteiger partial charge on any atom is -0.394 e. The zero-order chi connectivity index (χ0) is 14.7. The smallest absolute Gasteiger partial charge is 0.252 e. The highest BCUT2D eigenvalue weighted by molar-refractivity contribution is 5.98. The number of nitrogens with one attached hydrogen (secondary N) is 1. The Labute approximate surface area is 116 Å². The van der Waals surface area contributed by atoms with Gasteiger partial charge in [0.1, 0.15) is 0 Å². The lowest BCUT2D eigenvalue weighted by Crippen LogP contribution is -2.37. The van der Waals surface area contributed by atoms with Gasteiger partial charge >= 0.3 is 0 Å². The molecule has 19 heavy (non-hydrogen) atoms. The molecule has 2 N–H and O–H groups in total. The molecule has 0 radical (unpaired) electrons. The van der Waals surface area contributed by atoms with Gasteiger partial charge in [0.15, 0.2) is 0 Å². The van der Waals surface area contributed by atoms with E-state index in [1.807, 2.05) is 20.8 Å². The van der Waals surface area contributed by atoms with Crippen LogP contribution >= 0.6 is 0 Å². The van der Waals surface area contributed by atoms with Crippen molar-refractivity contribution in [3.8, 4) is 0 Å². The fourth-order valence-corrected chi connectivity index (χ4v) is 2.37. The average Bonchev–Trinajstić information content (AvgIpc) is 2.40. The van der Waals surface area contributed by atoms with Gasteiger partial charge in [0, 0.05) is 5.56 Å². The lowest BCUT2D eigenvalue weighted by atomic mass is 9.89. The molecule has 1 rings (SSSR count). The maximum atomic E-state index is 12.4. The minimum absolute atomic E-state index is 0.0236. The van der Waals surface area contributed by atoms with Crippen LogP contribution in [0.25, 0.3) is 0 Å². The van der Waals surface area contributed by atoms with Gasteiger partial charge in [0.05, 0.1) is 12.6 Å². The number of carbonyl (C=O) groups excluding carboxylic acids is 1. The fourth-order valence-electron chi connectivity index (χ4n) is 2.37. The summed E-state index contributed by atoms with van der Waals surface area (Å²) in [6.07, 6.45) is 0.726. The first kappa shape index (κ1) is 15.7. The van der Waals surface area contributed by atoms with E-state index in [9.17, 15) is 9.90 Å². The van der Waals surface area contributed by atoms with Crippen molar-refractivity contribution in [2.75, 3.05) is 6.61 Å². The van der Waals surface area contributed by atoms with Crippen LogP contribution in [0.1, 0.15) is 51.5 Å². The molecule has 1 atom stereocenters. The van der Waals surface area contributed by atoms with Crippen molar-refractivity contribution in [3.05, 3.63) is 33.4 Å². The molecule has 0 saturated heterocycles. The van der Waals surface area contributed by atoms with Crippen LogP contribution < -0.4 is 5.32 Å². The number of aliphatic hydroxyl groups is 1. The quantitative estimate of drug-likeness (QED) is 0.877. The Morgan fingerprint density at radius 1 is 1.00 bits per heavy atom. The van der Waals surface area contributed by atoms with Gasteiger partial charge in [-0.05, 0) is 68.9 Å². The van der Waals surface area contributed by atoms with E-state index in [0.29, 0.717) is 0 Å². The lowest BCUT2D eigenvalue weighted by molar-refractivity contribution is 0.0913. The van der Waals surface area contributed by atoms with Crippen molar-refractivity contribution in [1.82, 2.24) is 5.32 Å². The lowest BCUT2D eigenvalue weighted by Gasteiger charge is -2.20. The SMILES string of the molecule is CC[C@@H](CO)NC(=O)c1c(C)c(C)c(C)c(C)c1C. The Morgan fingerprint density at radius 2 is 1.42 bits per heavy atom. The van der Waals surface area contributed by atoms with Gasteiger partial charge in [-0.3, -0.25) is 4.79 Å². The molecule has 0 aromatic heterocycles. The highest BCUT2D eigenvalue weighted by Crippen LogP contribution is 2.26. The summed E-state index contributed by atoms with van der Waals surface area (Å²) >= 11 is 0. The van der Waals surface area contributed by atoms with E-state index in [2.05, 4.69) is 26.1 Å². The first-order chi connectivity index (χ1) is 8.84. The summed E-state index contributed by atoms with van der Waals surface area (Å²) in [6, 6.07) is -0.173. The van der Waals surface area contributed by atoms with Crippen LogP contribution in [0.3, 0.4) is 0 Å². The predicted molar refractivity (Wildman–Crippen MR) is 78.8 cm³/mol. The van der Waals surface area contributed by atoms with E-state index in [1.54, 1.807) is 0 Å². The molecule has 0 aliphatic heterocycles. The van der Waals surface area contributed by atoms with Crippen LogP contribution in [0.15, 0.2) is 0 Å². The molecule has 0 bridgehead atoms. The molecular weight excluding hydrogens is 238 g/mol. The fraction of sp³-hybridized carbons (Fsp3) is 0.562. The van der Waals surface area contributed by atoms with Crippen molar-refractivity contribution < 1.29 is 9.90 Å². The number of hydrogen-bond donors (Lipinski definition) is 2. The molecule has 0 aliphatic carbocycles. The number of carbonyl (C=O) groups is 1. The third-order valence-electron chi connectivity index (χ3n) is 4.28. The molecule has 3 heteroatoms. The third-order valence-corrected chi connectivity index (χ3v) is 4.28. The topological polar surface area (TPSA) is 49.3 Å². The highest BCUT2D eigenvalue weighted by Gasteiger charge is 2.19. The molecular formula is C16H25NO2. The van der Waals surface area contributed by atoms with Gasteiger partial charge in [0.25, 0.3) is 5.91 Å². The predicted octanol–water partition coefficient (Wildman–Crippen LogP) is 2.73. The third kappa shape index (κ3) is 2.98. The summed E-state index contributed by atoms with van der Waals surface area (Å²) in [5.41, 5.74) is 6.42. The van der Waals surface area contributed by atoms with Crippen LogP contribution in [0.4, 0.5) is 0 Å². The van der Waals surface area contributed by atoms with Gasteiger partial charge in [-0.1, -0.05) is 6.92 Å². The standard InChI is InChI=1S/C16H25NO2/c1-7-14(8-18)17-16(19)15-12(5)10(3)9(2)11(4)13(15)6/h14,18H,7-8H2,1-6H3,(H,17,19)/t14-/m0/s1. The van der Waals surface area contributed by atoms with Crippen molar-refractivity contribution in [1.29, 1.82) is 0 Å². The summed E-state index contributed by atoms with van der Waals surface area (Å²) in [6.45, 7) is 12.1. The molecule has 1 aromatic rings. The van der Waals surface area contributed by atoms with Gasteiger partial charge in [-0.15, -0.1) is 0 Å². The minimum atomic E-state index is -0.173. The summed E-state index contributed by atoms with van der Waals surface area (Å²) in [5, 5.41) is 12.1. The first-order valence-electron chi connectivity index (χ1n) is 6.83. The molecule has 0 aliphatic rings. The van der Waals surface area contributed by atoms with E-state index in [0.717, 1.165) is 23.1 Å². The summed E-state index contributed by atoms with van der Waals surface area (Å²) in [5.74, 6) is -0.0814. The highest BCUT2D eigenvalue weighted by atomic mass is 16.3. The van der Waals surface area contributed by atoms with E-state index >= 15 is 0 Å². The van der Waals surface area contributed by atoms with Gasteiger partial charge in [-0.25, -0.2) is 0 Å². The second-order valence-corrected chi connectivity index (χ2v) is 5.26.